The number of halogens is 1. The molecule has 1 saturated heterocycles. The van der Waals surface area contributed by atoms with Crippen LogP contribution in [0.5, 0.6) is 0 Å². The zero-order valence-corrected chi connectivity index (χ0v) is 22.3. The van der Waals surface area contributed by atoms with Crippen molar-refractivity contribution in [2.75, 3.05) is 31.1 Å². The summed E-state index contributed by atoms with van der Waals surface area (Å²) in [7, 11) is 0. The molecule has 3 aromatic carbocycles. The summed E-state index contributed by atoms with van der Waals surface area (Å²) in [5, 5.41) is 0.490. The fourth-order valence-electron chi connectivity index (χ4n) is 4.87. The fourth-order valence-corrected chi connectivity index (χ4v) is 5.09. The molecule has 1 aromatic heterocycles. The number of aryl methyl sites for hydroxylation is 3. The van der Waals surface area contributed by atoms with Gasteiger partial charge in [0.25, 0.3) is 5.91 Å². The fraction of sp³-hybridized carbons (Fsp3) is 0.258. The summed E-state index contributed by atoms with van der Waals surface area (Å²) in [5.41, 5.74) is 7.47. The molecule has 0 atom stereocenters. The summed E-state index contributed by atoms with van der Waals surface area (Å²) in [4.78, 5) is 27.3. The van der Waals surface area contributed by atoms with Gasteiger partial charge in [0.1, 0.15) is 5.82 Å². The highest BCUT2D eigenvalue weighted by Crippen LogP contribution is 2.30. The van der Waals surface area contributed by atoms with Crippen molar-refractivity contribution < 1.29 is 4.79 Å². The van der Waals surface area contributed by atoms with Crippen molar-refractivity contribution in [3.8, 4) is 11.4 Å². The van der Waals surface area contributed by atoms with E-state index in [1.807, 2.05) is 47.4 Å². The van der Waals surface area contributed by atoms with Crippen LogP contribution >= 0.6 is 11.6 Å². The molecule has 0 unspecified atom stereocenters. The number of carbonyl (C=O) groups is 1. The SMILES string of the molecule is Cc1ccc(C)c(Cc2c(C)nc(-c3ccccc3)nc2N2CCN(C(=O)c3ccccc3Cl)CC2)c1. The average Bonchev–Trinajstić information content (AvgIpc) is 2.92. The van der Waals surface area contributed by atoms with Crippen molar-refractivity contribution in [1.29, 1.82) is 0 Å². The Hall–Kier alpha value is -3.70. The number of amides is 1. The minimum absolute atomic E-state index is 0.0234. The smallest absolute Gasteiger partial charge is 0.255 e. The largest absolute Gasteiger partial charge is 0.353 e. The average molecular weight is 511 g/mol. The molecule has 0 spiro atoms. The molecular weight excluding hydrogens is 480 g/mol. The molecule has 4 aromatic rings. The standard InChI is InChI=1S/C31H31ClN4O/c1-21-13-14-22(2)25(19-21)20-27-23(3)33-29(24-9-5-4-6-10-24)34-30(27)35-15-17-36(18-16-35)31(37)26-11-7-8-12-28(26)32/h4-14,19H,15-18,20H2,1-3H3. The second-order valence-electron chi connectivity index (χ2n) is 9.67. The summed E-state index contributed by atoms with van der Waals surface area (Å²) in [6.45, 7) is 8.97. The Kier molecular flexibility index (Phi) is 7.24. The Bertz CT molecular complexity index is 1430. The lowest BCUT2D eigenvalue weighted by Gasteiger charge is -2.36. The van der Waals surface area contributed by atoms with Gasteiger partial charge < -0.3 is 9.80 Å². The molecule has 0 aliphatic carbocycles. The highest BCUT2D eigenvalue weighted by molar-refractivity contribution is 6.33. The van der Waals surface area contributed by atoms with Gasteiger partial charge in [0, 0.05) is 49.4 Å². The van der Waals surface area contributed by atoms with Crippen LogP contribution in [-0.2, 0) is 6.42 Å². The van der Waals surface area contributed by atoms with Crippen LogP contribution in [0.1, 0.15) is 38.3 Å². The van der Waals surface area contributed by atoms with Gasteiger partial charge in [-0.25, -0.2) is 9.97 Å². The Morgan fingerprint density at radius 1 is 0.865 bits per heavy atom. The zero-order chi connectivity index (χ0) is 25.9. The van der Waals surface area contributed by atoms with Crippen molar-refractivity contribution >= 4 is 23.3 Å². The van der Waals surface area contributed by atoms with Crippen molar-refractivity contribution in [1.82, 2.24) is 14.9 Å². The topological polar surface area (TPSA) is 49.3 Å². The number of hydrogen-bond donors (Lipinski definition) is 0. The van der Waals surface area contributed by atoms with E-state index in [2.05, 4.69) is 43.9 Å². The van der Waals surface area contributed by atoms with Crippen molar-refractivity contribution in [2.45, 2.75) is 27.2 Å². The van der Waals surface area contributed by atoms with E-state index in [1.54, 1.807) is 12.1 Å². The van der Waals surface area contributed by atoms with Crippen LogP contribution in [0.3, 0.4) is 0 Å². The van der Waals surface area contributed by atoms with Crippen molar-refractivity contribution in [3.63, 3.8) is 0 Å². The Morgan fingerprint density at radius 2 is 1.57 bits per heavy atom. The Labute approximate surface area is 223 Å². The van der Waals surface area contributed by atoms with E-state index in [0.29, 0.717) is 36.8 Å². The van der Waals surface area contributed by atoms with E-state index >= 15 is 0 Å². The number of piperazine rings is 1. The second-order valence-corrected chi connectivity index (χ2v) is 10.1. The van der Waals surface area contributed by atoms with Crippen LogP contribution in [0, 0.1) is 20.8 Å². The van der Waals surface area contributed by atoms with Crippen LogP contribution in [0.4, 0.5) is 5.82 Å². The van der Waals surface area contributed by atoms with Crippen molar-refractivity contribution in [2.24, 2.45) is 0 Å². The maximum absolute atomic E-state index is 13.1. The predicted octanol–water partition coefficient (Wildman–Crippen LogP) is 6.28. The Balaban J connectivity index is 1.47. The zero-order valence-electron chi connectivity index (χ0n) is 21.5. The summed E-state index contributed by atoms with van der Waals surface area (Å²) >= 11 is 6.30. The molecule has 5 nitrogen and oxygen atoms in total. The van der Waals surface area contributed by atoms with E-state index in [0.717, 1.165) is 34.9 Å². The molecule has 1 amide bonds. The normalized spacial score (nSPS) is 13.6. The first-order valence-electron chi connectivity index (χ1n) is 12.7. The number of benzene rings is 3. The predicted molar refractivity (Wildman–Crippen MR) is 150 cm³/mol. The summed E-state index contributed by atoms with van der Waals surface area (Å²) in [6.07, 6.45) is 0.766. The van der Waals surface area contributed by atoms with Gasteiger partial charge in [0.05, 0.1) is 10.6 Å². The first-order chi connectivity index (χ1) is 17.9. The number of anilines is 1. The Morgan fingerprint density at radius 3 is 2.30 bits per heavy atom. The van der Waals surface area contributed by atoms with Gasteiger partial charge in [-0.1, -0.05) is 77.8 Å². The van der Waals surface area contributed by atoms with Crippen molar-refractivity contribution in [3.05, 3.63) is 111 Å². The number of aromatic nitrogens is 2. The molecule has 0 saturated carbocycles. The maximum atomic E-state index is 13.1. The lowest BCUT2D eigenvalue weighted by molar-refractivity contribution is 0.0746. The first-order valence-corrected chi connectivity index (χ1v) is 13.1. The van der Waals surface area contributed by atoms with Crippen LogP contribution in [-0.4, -0.2) is 47.0 Å². The molecule has 188 valence electrons. The molecule has 6 heteroatoms. The highest BCUT2D eigenvalue weighted by atomic mass is 35.5. The quantitative estimate of drug-likeness (QED) is 0.317. The van der Waals surface area contributed by atoms with E-state index in [1.165, 1.54) is 16.7 Å². The molecule has 0 N–H and O–H groups in total. The van der Waals surface area contributed by atoms with Gasteiger partial charge in [0.15, 0.2) is 5.82 Å². The van der Waals surface area contributed by atoms with Crippen LogP contribution in [0.15, 0.2) is 72.8 Å². The van der Waals surface area contributed by atoms with Crippen LogP contribution in [0.2, 0.25) is 5.02 Å². The number of carbonyl (C=O) groups excluding carboxylic acids is 1. The lowest BCUT2D eigenvalue weighted by atomic mass is 9.97. The number of rotatable bonds is 5. The van der Waals surface area contributed by atoms with E-state index in [-0.39, 0.29) is 5.91 Å². The summed E-state index contributed by atoms with van der Waals surface area (Å²) in [5.74, 6) is 1.66. The highest BCUT2D eigenvalue weighted by Gasteiger charge is 2.27. The molecule has 5 rings (SSSR count). The molecule has 0 bridgehead atoms. The third-order valence-corrected chi connectivity index (χ3v) is 7.40. The van der Waals surface area contributed by atoms with Gasteiger partial charge in [-0.3, -0.25) is 4.79 Å². The summed E-state index contributed by atoms with van der Waals surface area (Å²) in [6, 6.07) is 23.9. The van der Waals surface area contributed by atoms with Gasteiger partial charge in [0.2, 0.25) is 0 Å². The second kappa shape index (κ2) is 10.7. The van der Waals surface area contributed by atoms with Gasteiger partial charge >= 0.3 is 0 Å². The van der Waals surface area contributed by atoms with Crippen LogP contribution < -0.4 is 4.90 Å². The van der Waals surface area contributed by atoms with Gasteiger partial charge in [-0.2, -0.15) is 0 Å². The molecule has 1 fully saturated rings. The van der Waals surface area contributed by atoms with E-state index in [4.69, 9.17) is 21.6 Å². The van der Waals surface area contributed by atoms with E-state index < -0.39 is 0 Å². The number of nitrogens with zero attached hydrogens (tertiary/aromatic N) is 4. The molecule has 1 aliphatic rings. The third kappa shape index (κ3) is 5.37. The molecule has 1 aliphatic heterocycles. The monoisotopic (exact) mass is 510 g/mol. The molecular formula is C31H31ClN4O. The number of hydrogen-bond acceptors (Lipinski definition) is 4. The van der Waals surface area contributed by atoms with Crippen LogP contribution in [0.25, 0.3) is 11.4 Å². The maximum Gasteiger partial charge on any atom is 0.255 e. The van der Waals surface area contributed by atoms with Gasteiger partial charge in [-0.05, 0) is 44.0 Å². The lowest BCUT2D eigenvalue weighted by Crippen LogP contribution is -2.49. The minimum Gasteiger partial charge on any atom is -0.353 e. The summed E-state index contributed by atoms with van der Waals surface area (Å²) < 4.78 is 0. The molecule has 0 radical (unpaired) electrons. The van der Waals surface area contributed by atoms with E-state index in [9.17, 15) is 4.79 Å². The molecule has 2 heterocycles. The first kappa shape index (κ1) is 25.0. The molecule has 37 heavy (non-hydrogen) atoms. The third-order valence-electron chi connectivity index (χ3n) is 7.07. The minimum atomic E-state index is -0.0234. The van der Waals surface area contributed by atoms with Gasteiger partial charge in [-0.15, -0.1) is 0 Å².